The van der Waals surface area contributed by atoms with Crippen LogP contribution in [-0.4, -0.2) is 5.24 Å². The molecule has 2 rings (SSSR count). The van der Waals surface area contributed by atoms with Gasteiger partial charge in [-0.25, -0.2) is 4.39 Å². The minimum absolute atomic E-state index is 0.124. The monoisotopic (exact) mass is 370 g/mol. The number of hydrogen-bond acceptors (Lipinski definition) is 2. The van der Waals surface area contributed by atoms with Crippen LogP contribution in [0.25, 0.3) is 0 Å². The van der Waals surface area contributed by atoms with Crippen molar-refractivity contribution < 1.29 is 13.9 Å². The second-order valence-corrected chi connectivity index (χ2v) is 5.89. The molecule has 2 aromatic rings. The van der Waals surface area contributed by atoms with Gasteiger partial charge in [0.05, 0.1) is 0 Å². The Bertz CT molecular complexity index is 701. The maximum atomic E-state index is 13.6. The van der Waals surface area contributed by atoms with Crippen molar-refractivity contribution >= 4 is 32.8 Å². The molecule has 0 heterocycles. The van der Waals surface area contributed by atoms with Crippen LogP contribution in [0.2, 0.25) is 0 Å². The topological polar surface area (TPSA) is 26.3 Å². The fourth-order valence-electron chi connectivity index (χ4n) is 2.00. The molecule has 0 aromatic heterocycles. The van der Waals surface area contributed by atoms with Gasteiger partial charge < -0.3 is 4.74 Å². The normalized spacial score (nSPS) is 10.5. The molecule has 0 bridgehead atoms. The number of benzene rings is 2. The molecule has 0 spiro atoms. The Hall–Kier alpha value is -1.39. The van der Waals surface area contributed by atoms with Gasteiger partial charge in [-0.2, -0.15) is 0 Å². The number of carbonyl (C=O) groups excluding carboxylic acids is 1. The number of rotatable bonds is 4. The third kappa shape index (κ3) is 3.63. The van der Waals surface area contributed by atoms with Crippen molar-refractivity contribution in [3.8, 4) is 5.75 Å². The summed E-state index contributed by atoms with van der Waals surface area (Å²) in [6.45, 7) is 3.66. The lowest BCUT2D eigenvalue weighted by molar-refractivity contribution is 0.107. The zero-order valence-corrected chi connectivity index (χ0v) is 13.9. The third-order valence-electron chi connectivity index (χ3n) is 3.16. The molecule has 0 fully saturated rings. The molecule has 0 saturated carbocycles. The number of hydrogen-bond donors (Lipinski definition) is 0. The highest BCUT2D eigenvalue weighted by molar-refractivity contribution is 9.10. The highest BCUT2D eigenvalue weighted by atomic mass is 79.9. The molecular formula is C16H13BrClFO2. The largest absolute Gasteiger partial charge is 0.488 e. The first-order valence-electron chi connectivity index (χ1n) is 6.27. The summed E-state index contributed by atoms with van der Waals surface area (Å²) in [5, 5.41) is -0.554. The van der Waals surface area contributed by atoms with Crippen LogP contribution in [0, 0.1) is 19.7 Å². The predicted molar refractivity (Wildman–Crippen MR) is 84.5 cm³/mol. The first-order chi connectivity index (χ1) is 9.90. The predicted octanol–water partition coefficient (Wildman–Crippen LogP) is 5.16. The number of halogens is 3. The second-order valence-electron chi connectivity index (χ2n) is 4.70. The van der Waals surface area contributed by atoms with Crippen LogP contribution >= 0.6 is 27.5 Å². The van der Waals surface area contributed by atoms with E-state index in [1.165, 1.54) is 6.07 Å². The van der Waals surface area contributed by atoms with E-state index >= 15 is 0 Å². The standard InChI is InChI=1S/C16H13BrClFO2/c1-9-6-10(2)15(7-14(9)19)21-8-12-11(16(18)20)4-3-5-13(12)17/h3-7H,8H2,1-2H3. The quantitative estimate of drug-likeness (QED) is 0.694. The molecule has 0 aliphatic carbocycles. The van der Waals surface area contributed by atoms with Gasteiger partial charge in [0.1, 0.15) is 18.2 Å². The molecule has 0 aliphatic rings. The van der Waals surface area contributed by atoms with Crippen LogP contribution in [0.3, 0.4) is 0 Å². The molecule has 5 heteroatoms. The minimum atomic E-state index is -0.554. The highest BCUT2D eigenvalue weighted by Crippen LogP contribution is 2.27. The van der Waals surface area contributed by atoms with E-state index in [9.17, 15) is 9.18 Å². The SMILES string of the molecule is Cc1cc(C)c(OCc2c(Br)cccc2C(=O)Cl)cc1F. The van der Waals surface area contributed by atoms with E-state index in [1.54, 1.807) is 31.2 Å². The number of aryl methyl sites for hydroxylation is 2. The van der Waals surface area contributed by atoms with Crippen LogP contribution in [-0.2, 0) is 6.61 Å². The highest BCUT2D eigenvalue weighted by Gasteiger charge is 2.13. The number of carbonyl (C=O) groups is 1. The van der Waals surface area contributed by atoms with Crippen molar-refractivity contribution in [2.45, 2.75) is 20.5 Å². The molecule has 0 unspecified atom stereocenters. The summed E-state index contributed by atoms with van der Waals surface area (Å²) in [6.07, 6.45) is 0. The Labute approximate surface area is 136 Å². The van der Waals surface area contributed by atoms with E-state index < -0.39 is 5.24 Å². The molecule has 2 nitrogen and oxygen atoms in total. The molecule has 110 valence electrons. The average Bonchev–Trinajstić information content (AvgIpc) is 2.42. The molecule has 0 aliphatic heterocycles. The molecular weight excluding hydrogens is 359 g/mol. The maximum Gasteiger partial charge on any atom is 0.252 e. The molecule has 0 N–H and O–H groups in total. The smallest absolute Gasteiger partial charge is 0.252 e. The van der Waals surface area contributed by atoms with Crippen molar-refractivity contribution in [1.82, 2.24) is 0 Å². The van der Waals surface area contributed by atoms with Crippen LogP contribution in [0.5, 0.6) is 5.75 Å². The Morgan fingerprint density at radius 3 is 2.67 bits per heavy atom. The Morgan fingerprint density at radius 1 is 1.29 bits per heavy atom. The van der Waals surface area contributed by atoms with E-state index in [2.05, 4.69) is 15.9 Å². The molecule has 0 saturated heterocycles. The van der Waals surface area contributed by atoms with Gasteiger partial charge in [0.15, 0.2) is 0 Å². The molecule has 0 radical (unpaired) electrons. The molecule has 21 heavy (non-hydrogen) atoms. The van der Waals surface area contributed by atoms with Gasteiger partial charge >= 0.3 is 0 Å². The lowest BCUT2D eigenvalue weighted by Crippen LogP contribution is -2.04. The van der Waals surface area contributed by atoms with E-state index in [0.29, 0.717) is 22.4 Å². The van der Waals surface area contributed by atoms with Crippen molar-refractivity contribution in [3.63, 3.8) is 0 Å². The summed E-state index contributed by atoms with van der Waals surface area (Å²) in [5.41, 5.74) is 2.41. The summed E-state index contributed by atoms with van der Waals surface area (Å²) in [6, 6.07) is 8.22. The maximum absolute atomic E-state index is 13.6. The lowest BCUT2D eigenvalue weighted by Gasteiger charge is -2.13. The Kier molecular flexibility index (Phi) is 5.01. The van der Waals surface area contributed by atoms with Crippen LogP contribution < -0.4 is 4.74 Å². The van der Waals surface area contributed by atoms with Gasteiger partial charge in [-0.3, -0.25) is 4.79 Å². The summed E-state index contributed by atoms with van der Waals surface area (Å²) in [7, 11) is 0. The lowest BCUT2D eigenvalue weighted by atomic mass is 10.1. The van der Waals surface area contributed by atoms with Gasteiger partial charge in [0, 0.05) is 21.7 Å². The third-order valence-corrected chi connectivity index (χ3v) is 4.11. The van der Waals surface area contributed by atoms with Gasteiger partial charge in [0.25, 0.3) is 5.24 Å². The molecule has 2 aromatic carbocycles. The van der Waals surface area contributed by atoms with Crippen molar-refractivity contribution in [3.05, 3.63) is 62.9 Å². The zero-order valence-electron chi connectivity index (χ0n) is 11.5. The van der Waals surface area contributed by atoms with Crippen LogP contribution in [0.4, 0.5) is 4.39 Å². The van der Waals surface area contributed by atoms with Crippen molar-refractivity contribution in [2.24, 2.45) is 0 Å². The van der Waals surface area contributed by atoms with Crippen molar-refractivity contribution in [2.75, 3.05) is 0 Å². The fourth-order valence-corrected chi connectivity index (χ4v) is 2.66. The fraction of sp³-hybridized carbons (Fsp3) is 0.188. The Balaban J connectivity index is 2.29. The van der Waals surface area contributed by atoms with E-state index in [-0.39, 0.29) is 12.4 Å². The number of ether oxygens (including phenoxy) is 1. The van der Waals surface area contributed by atoms with Gasteiger partial charge in [-0.15, -0.1) is 0 Å². The molecule has 0 atom stereocenters. The summed E-state index contributed by atoms with van der Waals surface area (Å²) in [5.74, 6) is 0.123. The first kappa shape index (κ1) is 16.0. The van der Waals surface area contributed by atoms with E-state index in [0.717, 1.165) is 10.0 Å². The summed E-state index contributed by atoms with van der Waals surface area (Å²) >= 11 is 8.93. The minimum Gasteiger partial charge on any atom is -0.488 e. The van der Waals surface area contributed by atoms with Gasteiger partial charge in [-0.1, -0.05) is 22.0 Å². The summed E-state index contributed by atoms with van der Waals surface area (Å²) in [4.78, 5) is 11.4. The summed E-state index contributed by atoms with van der Waals surface area (Å²) < 4.78 is 20.0. The van der Waals surface area contributed by atoms with E-state index in [1.807, 2.05) is 6.92 Å². The van der Waals surface area contributed by atoms with Crippen molar-refractivity contribution in [1.29, 1.82) is 0 Å². The van der Waals surface area contributed by atoms with E-state index in [4.69, 9.17) is 16.3 Å². The van der Waals surface area contributed by atoms with Gasteiger partial charge in [0.2, 0.25) is 0 Å². The van der Waals surface area contributed by atoms with Gasteiger partial charge in [-0.05, 0) is 54.8 Å². The Morgan fingerprint density at radius 2 is 2.00 bits per heavy atom. The first-order valence-corrected chi connectivity index (χ1v) is 7.44. The van der Waals surface area contributed by atoms with Crippen LogP contribution in [0.1, 0.15) is 27.0 Å². The zero-order chi connectivity index (χ0) is 15.6. The van der Waals surface area contributed by atoms with Crippen LogP contribution in [0.15, 0.2) is 34.8 Å². The second kappa shape index (κ2) is 6.58. The average molecular weight is 372 g/mol. The molecule has 0 amide bonds.